The van der Waals surface area contributed by atoms with Gasteiger partial charge in [-0.05, 0) is 24.6 Å². The molecule has 1 aromatic heterocycles. The van der Waals surface area contributed by atoms with Gasteiger partial charge in [-0.3, -0.25) is 0 Å². The molecular formula is C11H12N2OS2. The van der Waals surface area contributed by atoms with Gasteiger partial charge in [-0.1, -0.05) is 23.5 Å². The van der Waals surface area contributed by atoms with E-state index in [-0.39, 0.29) is 0 Å². The van der Waals surface area contributed by atoms with Crippen molar-refractivity contribution in [1.82, 2.24) is 4.98 Å². The van der Waals surface area contributed by atoms with E-state index >= 15 is 0 Å². The second-order valence-electron chi connectivity index (χ2n) is 3.38. The van der Waals surface area contributed by atoms with Crippen molar-refractivity contribution in [1.29, 1.82) is 0 Å². The summed E-state index contributed by atoms with van der Waals surface area (Å²) >= 11 is 3.24. The van der Waals surface area contributed by atoms with Crippen molar-refractivity contribution in [2.24, 2.45) is 0 Å². The Morgan fingerprint density at radius 1 is 1.38 bits per heavy atom. The number of thioether (sulfide) groups is 1. The summed E-state index contributed by atoms with van der Waals surface area (Å²) in [4.78, 5) is 4.17. The molecule has 16 heavy (non-hydrogen) atoms. The fraction of sp³-hybridized carbons (Fsp3) is 0.182. The monoisotopic (exact) mass is 252 g/mol. The molecule has 1 aromatic carbocycles. The maximum absolute atomic E-state index is 9.16. The average Bonchev–Trinajstić information content (AvgIpc) is 2.57. The molecule has 0 saturated heterocycles. The molecule has 84 valence electrons. The van der Waals surface area contributed by atoms with Gasteiger partial charge in [0.2, 0.25) is 0 Å². The smallest absolute Gasteiger partial charge is 0.181 e. The standard InChI is InChI=1S/C11H12N2OS2/c1-7-10(16-11(12)13-7)15-6-8-2-4-9(14)5-3-8/h2-5,14H,6H2,1H3,(H2,12,13). The highest BCUT2D eigenvalue weighted by Gasteiger charge is 2.05. The summed E-state index contributed by atoms with van der Waals surface area (Å²) in [5, 5.41) is 9.77. The molecule has 0 aliphatic carbocycles. The first-order chi connectivity index (χ1) is 7.65. The van der Waals surface area contributed by atoms with Crippen LogP contribution in [0.2, 0.25) is 0 Å². The van der Waals surface area contributed by atoms with E-state index in [9.17, 15) is 0 Å². The Morgan fingerprint density at radius 3 is 2.62 bits per heavy atom. The van der Waals surface area contributed by atoms with E-state index in [2.05, 4.69) is 4.98 Å². The highest BCUT2D eigenvalue weighted by Crippen LogP contribution is 2.32. The van der Waals surface area contributed by atoms with Gasteiger partial charge >= 0.3 is 0 Å². The maximum Gasteiger partial charge on any atom is 0.181 e. The van der Waals surface area contributed by atoms with Crippen molar-refractivity contribution in [3.63, 3.8) is 0 Å². The van der Waals surface area contributed by atoms with Crippen LogP contribution in [-0.4, -0.2) is 10.1 Å². The van der Waals surface area contributed by atoms with Gasteiger partial charge in [0.25, 0.3) is 0 Å². The van der Waals surface area contributed by atoms with Crippen LogP contribution in [0.3, 0.4) is 0 Å². The first-order valence-electron chi connectivity index (χ1n) is 4.79. The number of aromatic hydroxyl groups is 1. The van der Waals surface area contributed by atoms with E-state index in [1.165, 1.54) is 16.9 Å². The van der Waals surface area contributed by atoms with Gasteiger partial charge in [-0.15, -0.1) is 11.8 Å². The zero-order chi connectivity index (χ0) is 11.5. The summed E-state index contributed by atoms with van der Waals surface area (Å²) in [5.74, 6) is 1.16. The first-order valence-corrected chi connectivity index (χ1v) is 6.59. The number of hydrogen-bond donors (Lipinski definition) is 2. The summed E-state index contributed by atoms with van der Waals surface area (Å²) < 4.78 is 1.16. The number of benzene rings is 1. The van der Waals surface area contributed by atoms with Crippen LogP contribution in [0.5, 0.6) is 5.75 Å². The number of thiazole rings is 1. The molecule has 2 rings (SSSR count). The van der Waals surface area contributed by atoms with Crippen LogP contribution in [0.1, 0.15) is 11.3 Å². The van der Waals surface area contributed by atoms with Crippen molar-refractivity contribution in [3.8, 4) is 5.75 Å². The number of nitrogens with two attached hydrogens (primary N) is 1. The summed E-state index contributed by atoms with van der Waals surface area (Å²) in [5.41, 5.74) is 7.80. The third-order valence-electron chi connectivity index (χ3n) is 2.08. The SMILES string of the molecule is Cc1nc(N)sc1SCc1ccc(O)cc1. The van der Waals surface area contributed by atoms with Crippen molar-refractivity contribution in [2.75, 3.05) is 5.73 Å². The quantitative estimate of drug-likeness (QED) is 0.824. The number of aryl methyl sites for hydroxylation is 1. The molecule has 0 unspecified atom stereocenters. The lowest BCUT2D eigenvalue weighted by Gasteiger charge is -2.00. The van der Waals surface area contributed by atoms with Gasteiger partial charge in [0.05, 0.1) is 9.90 Å². The van der Waals surface area contributed by atoms with Crippen LogP contribution in [0.15, 0.2) is 28.5 Å². The molecule has 3 nitrogen and oxygen atoms in total. The fourth-order valence-corrected chi connectivity index (χ4v) is 3.26. The number of nitrogen functional groups attached to an aromatic ring is 1. The van der Waals surface area contributed by atoms with E-state index in [1.807, 2.05) is 19.1 Å². The van der Waals surface area contributed by atoms with E-state index in [1.54, 1.807) is 23.9 Å². The zero-order valence-corrected chi connectivity index (χ0v) is 10.4. The van der Waals surface area contributed by atoms with Crippen LogP contribution >= 0.6 is 23.1 Å². The van der Waals surface area contributed by atoms with Crippen molar-refractivity contribution >= 4 is 28.2 Å². The number of hydrogen-bond acceptors (Lipinski definition) is 5. The lowest BCUT2D eigenvalue weighted by Crippen LogP contribution is -1.81. The Bertz CT molecular complexity index is 479. The van der Waals surface area contributed by atoms with Crippen molar-refractivity contribution in [3.05, 3.63) is 35.5 Å². The molecule has 0 amide bonds. The summed E-state index contributed by atoms with van der Waals surface area (Å²) in [6.07, 6.45) is 0. The van der Waals surface area contributed by atoms with E-state index in [4.69, 9.17) is 10.8 Å². The maximum atomic E-state index is 9.16. The second kappa shape index (κ2) is 4.76. The lowest BCUT2D eigenvalue weighted by molar-refractivity contribution is 0.475. The molecule has 0 saturated carbocycles. The van der Waals surface area contributed by atoms with Crippen LogP contribution in [-0.2, 0) is 5.75 Å². The number of anilines is 1. The minimum absolute atomic E-state index is 0.298. The van der Waals surface area contributed by atoms with Gasteiger partial charge in [0, 0.05) is 5.75 Å². The minimum atomic E-state index is 0.298. The third kappa shape index (κ3) is 2.68. The van der Waals surface area contributed by atoms with Crippen LogP contribution in [0.25, 0.3) is 0 Å². The van der Waals surface area contributed by atoms with Gasteiger partial charge in [0.15, 0.2) is 5.13 Å². The summed E-state index contributed by atoms with van der Waals surface area (Å²) in [7, 11) is 0. The molecular weight excluding hydrogens is 240 g/mol. The highest BCUT2D eigenvalue weighted by molar-refractivity contribution is 8.00. The van der Waals surface area contributed by atoms with E-state index in [0.29, 0.717) is 10.9 Å². The van der Waals surface area contributed by atoms with Gasteiger partial charge in [-0.25, -0.2) is 4.98 Å². The van der Waals surface area contributed by atoms with Crippen LogP contribution < -0.4 is 5.73 Å². The molecule has 3 N–H and O–H groups in total. The summed E-state index contributed by atoms with van der Waals surface area (Å²) in [6.45, 7) is 1.96. The zero-order valence-electron chi connectivity index (χ0n) is 8.80. The van der Waals surface area contributed by atoms with Gasteiger partial charge in [0.1, 0.15) is 5.75 Å². The second-order valence-corrected chi connectivity index (χ2v) is 5.65. The average molecular weight is 252 g/mol. The molecule has 5 heteroatoms. The predicted molar refractivity (Wildman–Crippen MR) is 68.9 cm³/mol. The molecule has 0 aliphatic heterocycles. The summed E-state index contributed by atoms with van der Waals surface area (Å²) in [6, 6.07) is 7.23. The van der Waals surface area contributed by atoms with E-state index in [0.717, 1.165) is 15.7 Å². The highest BCUT2D eigenvalue weighted by atomic mass is 32.2. The Hall–Kier alpha value is -1.20. The number of rotatable bonds is 3. The van der Waals surface area contributed by atoms with Gasteiger partial charge in [-0.2, -0.15) is 0 Å². The number of nitrogens with zero attached hydrogens (tertiary/aromatic N) is 1. The normalized spacial score (nSPS) is 10.6. The molecule has 0 spiro atoms. The third-order valence-corrected chi connectivity index (χ3v) is 4.50. The van der Waals surface area contributed by atoms with E-state index < -0.39 is 0 Å². The Morgan fingerprint density at radius 2 is 2.06 bits per heavy atom. The lowest BCUT2D eigenvalue weighted by atomic mass is 10.2. The Labute approximate surface area is 102 Å². The number of phenolic OH excluding ortho intramolecular Hbond substituents is 1. The molecule has 0 fully saturated rings. The Balaban J connectivity index is 2.02. The first kappa shape index (κ1) is 11.3. The Kier molecular flexibility index (Phi) is 3.36. The minimum Gasteiger partial charge on any atom is -0.508 e. The fourth-order valence-electron chi connectivity index (χ4n) is 1.28. The van der Waals surface area contributed by atoms with Crippen LogP contribution in [0.4, 0.5) is 5.13 Å². The van der Waals surface area contributed by atoms with Crippen molar-refractivity contribution in [2.45, 2.75) is 16.9 Å². The molecule has 0 atom stereocenters. The molecule has 2 aromatic rings. The van der Waals surface area contributed by atoms with Crippen LogP contribution in [0, 0.1) is 6.92 Å². The molecule has 1 heterocycles. The molecule has 0 bridgehead atoms. The number of phenols is 1. The molecule has 0 aliphatic rings. The largest absolute Gasteiger partial charge is 0.508 e. The number of aromatic nitrogens is 1. The van der Waals surface area contributed by atoms with Gasteiger partial charge < -0.3 is 10.8 Å². The van der Waals surface area contributed by atoms with Crippen molar-refractivity contribution < 1.29 is 5.11 Å². The topological polar surface area (TPSA) is 59.1 Å². The molecule has 0 radical (unpaired) electrons. The predicted octanol–water partition coefficient (Wildman–Crippen LogP) is 3.03.